The van der Waals surface area contributed by atoms with Crippen LogP contribution in [0.5, 0.6) is 17.2 Å². The van der Waals surface area contributed by atoms with Gasteiger partial charge in [-0.25, -0.2) is 4.98 Å². The maximum Gasteiger partial charge on any atom is 0.274 e. The Bertz CT molecular complexity index is 908. The van der Waals surface area contributed by atoms with Gasteiger partial charge in [-0.15, -0.1) is 0 Å². The van der Waals surface area contributed by atoms with Crippen molar-refractivity contribution in [1.82, 2.24) is 14.9 Å². The number of fused-ring (bicyclic) bond motifs is 1. The Hall–Kier alpha value is -3.16. The number of nitrogens with zero attached hydrogens (tertiary/aromatic N) is 3. The van der Waals surface area contributed by atoms with Crippen molar-refractivity contribution in [3.63, 3.8) is 0 Å². The number of likely N-dealkylation sites (tertiary alicyclic amines) is 1. The van der Waals surface area contributed by atoms with Crippen molar-refractivity contribution in [3.05, 3.63) is 42.0 Å². The van der Waals surface area contributed by atoms with E-state index < -0.39 is 5.60 Å². The van der Waals surface area contributed by atoms with Crippen molar-refractivity contribution < 1.29 is 23.8 Å². The molecule has 28 heavy (non-hydrogen) atoms. The van der Waals surface area contributed by atoms with Crippen molar-refractivity contribution in [2.24, 2.45) is 0 Å². The number of rotatable bonds is 3. The van der Waals surface area contributed by atoms with E-state index in [-0.39, 0.29) is 18.1 Å². The van der Waals surface area contributed by atoms with Gasteiger partial charge in [0.2, 0.25) is 0 Å². The highest BCUT2D eigenvalue weighted by Gasteiger charge is 2.45. The van der Waals surface area contributed by atoms with Gasteiger partial charge in [-0.3, -0.25) is 14.6 Å². The molecule has 0 saturated carbocycles. The largest absolute Gasteiger partial charge is 0.496 e. The van der Waals surface area contributed by atoms with Crippen LogP contribution >= 0.6 is 0 Å². The zero-order valence-electron chi connectivity index (χ0n) is 15.8. The van der Waals surface area contributed by atoms with Crippen LogP contribution in [-0.2, 0) is 0 Å². The molecule has 0 aliphatic carbocycles. The van der Waals surface area contributed by atoms with Crippen LogP contribution in [0, 0.1) is 0 Å². The number of ketones is 1. The summed E-state index contributed by atoms with van der Waals surface area (Å²) < 4.78 is 16.9. The Labute approximate surface area is 162 Å². The van der Waals surface area contributed by atoms with E-state index in [2.05, 4.69) is 9.97 Å². The molecule has 1 aromatic heterocycles. The summed E-state index contributed by atoms with van der Waals surface area (Å²) in [5.74, 6) is 1.31. The van der Waals surface area contributed by atoms with Gasteiger partial charge in [0.1, 0.15) is 34.1 Å². The number of carbonyl (C=O) groups excluding carboxylic acids is 2. The Morgan fingerprint density at radius 2 is 1.96 bits per heavy atom. The third-order valence-corrected chi connectivity index (χ3v) is 5.33. The summed E-state index contributed by atoms with van der Waals surface area (Å²) in [4.78, 5) is 35.2. The molecule has 4 rings (SSSR count). The van der Waals surface area contributed by atoms with Crippen molar-refractivity contribution in [2.75, 3.05) is 27.3 Å². The predicted molar refractivity (Wildman–Crippen MR) is 99.0 cm³/mol. The van der Waals surface area contributed by atoms with Crippen molar-refractivity contribution in [1.29, 1.82) is 0 Å². The average molecular weight is 383 g/mol. The first-order valence-electron chi connectivity index (χ1n) is 9.09. The molecular weight excluding hydrogens is 362 g/mol. The SMILES string of the molecule is COc1cc(OC)c2c(c1)OC1(CCN(C(=O)c3cnccn3)CC1)CC2=O. The second-order valence-corrected chi connectivity index (χ2v) is 6.97. The van der Waals surface area contributed by atoms with Gasteiger partial charge in [0.05, 0.1) is 26.8 Å². The molecule has 2 aromatic rings. The monoisotopic (exact) mass is 383 g/mol. The molecule has 1 saturated heterocycles. The average Bonchev–Trinajstić information content (AvgIpc) is 2.73. The second kappa shape index (κ2) is 7.10. The van der Waals surface area contributed by atoms with Gasteiger partial charge in [0.15, 0.2) is 5.78 Å². The zero-order valence-corrected chi connectivity index (χ0v) is 15.8. The highest BCUT2D eigenvalue weighted by atomic mass is 16.5. The number of piperidine rings is 1. The topological polar surface area (TPSA) is 90.8 Å². The van der Waals surface area contributed by atoms with E-state index in [1.165, 1.54) is 25.7 Å². The molecule has 2 aliphatic heterocycles. The normalized spacial score (nSPS) is 17.6. The quantitative estimate of drug-likeness (QED) is 0.802. The predicted octanol–water partition coefficient (Wildman–Crippen LogP) is 2.13. The first-order chi connectivity index (χ1) is 13.5. The van der Waals surface area contributed by atoms with Crippen LogP contribution in [0.4, 0.5) is 0 Å². The molecule has 8 nitrogen and oxygen atoms in total. The maximum atomic E-state index is 12.9. The third-order valence-electron chi connectivity index (χ3n) is 5.33. The number of benzene rings is 1. The lowest BCUT2D eigenvalue weighted by Crippen LogP contribution is -2.52. The van der Waals surface area contributed by atoms with Gasteiger partial charge < -0.3 is 19.1 Å². The fraction of sp³-hybridized carbons (Fsp3) is 0.400. The van der Waals surface area contributed by atoms with E-state index in [1.54, 1.807) is 24.1 Å². The highest BCUT2D eigenvalue weighted by Crippen LogP contribution is 2.44. The Balaban J connectivity index is 1.54. The van der Waals surface area contributed by atoms with Crippen molar-refractivity contribution in [2.45, 2.75) is 24.9 Å². The summed E-state index contributed by atoms with van der Waals surface area (Å²) in [5.41, 5.74) is 0.145. The number of ether oxygens (including phenoxy) is 3. The van der Waals surface area contributed by atoms with Gasteiger partial charge in [0, 0.05) is 50.5 Å². The number of Topliss-reactive ketones (excluding diaryl/α,β-unsaturated/α-hetero) is 1. The fourth-order valence-corrected chi connectivity index (χ4v) is 3.82. The van der Waals surface area contributed by atoms with E-state index in [4.69, 9.17) is 14.2 Å². The summed E-state index contributed by atoms with van der Waals surface area (Å²) in [6, 6.07) is 3.40. The van der Waals surface area contributed by atoms with E-state index >= 15 is 0 Å². The van der Waals surface area contributed by atoms with Crippen LogP contribution in [0.25, 0.3) is 0 Å². The zero-order chi connectivity index (χ0) is 19.7. The molecule has 2 aliphatic rings. The van der Waals surface area contributed by atoms with Crippen molar-refractivity contribution in [3.8, 4) is 17.2 Å². The molecular formula is C20H21N3O5. The molecule has 0 atom stereocenters. The molecule has 1 fully saturated rings. The molecule has 8 heteroatoms. The minimum Gasteiger partial charge on any atom is -0.496 e. The number of aromatic nitrogens is 2. The summed E-state index contributed by atoms with van der Waals surface area (Å²) in [6.45, 7) is 0.970. The summed E-state index contributed by atoms with van der Waals surface area (Å²) in [6.07, 6.45) is 5.87. The van der Waals surface area contributed by atoms with Crippen LogP contribution < -0.4 is 14.2 Å². The van der Waals surface area contributed by atoms with Crippen molar-refractivity contribution >= 4 is 11.7 Å². The second-order valence-electron chi connectivity index (χ2n) is 6.97. The number of carbonyl (C=O) groups is 2. The molecule has 0 radical (unpaired) electrons. The smallest absolute Gasteiger partial charge is 0.274 e. The van der Waals surface area contributed by atoms with E-state index in [0.717, 1.165) is 0 Å². The minimum atomic E-state index is -0.624. The first-order valence-corrected chi connectivity index (χ1v) is 9.09. The van der Waals surface area contributed by atoms with Crippen LogP contribution in [0.15, 0.2) is 30.7 Å². The molecule has 1 aromatic carbocycles. The van der Waals surface area contributed by atoms with Gasteiger partial charge in [0.25, 0.3) is 5.91 Å². The molecule has 0 unspecified atom stereocenters. The molecule has 146 valence electrons. The summed E-state index contributed by atoms with van der Waals surface area (Å²) in [5, 5.41) is 0. The maximum absolute atomic E-state index is 12.9. The van der Waals surface area contributed by atoms with Crippen LogP contribution in [0.2, 0.25) is 0 Å². The molecule has 0 N–H and O–H groups in total. The fourth-order valence-electron chi connectivity index (χ4n) is 3.82. The highest BCUT2D eigenvalue weighted by molar-refractivity contribution is 6.03. The number of amides is 1. The number of methoxy groups -OCH3 is 2. The van der Waals surface area contributed by atoms with Gasteiger partial charge in [-0.05, 0) is 0 Å². The van der Waals surface area contributed by atoms with Gasteiger partial charge in [-0.2, -0.15) is 0 Å². The first kappa shape index (κ1) is 18.2. The molecule has 1 spiro atoms. The van der Waals surface area contributed by atoms with Crippen LogP contribution in [0.3, 0.4) is 0 Å². The molecule has 3 heterocycles. The van der Waals surface area contributed by atoms with E-state index in [9.17, 15) is 9.59 Å². The molecule has 1 amide bonds. The summed E-state index contributed by atoms with van der Waals surface area (Å²) in [7, 11) is 3.07. The minimum absolute atomic E-state index is 0.0190. The molecule has 0 bridgehead atoms. The van der Waals surface area contributed by atoms with E-state index in [1.807, 2.05) is 0 Å². The number of hydrogen-bond donors (Lipinski definition) is 0. The summed E-state index contributed by atoms with van der Waals surface area (Å²) >= 11 is 0. The number of hydrogen-bond acceptors (Lipinski definition) is 7. The van der Waals surface area contributed by atoms with Crippen LogP contribution in [-0.4, -0.2) is 59.5 Å². The van der Waals surface area contributed by atoms with Gasteiger partial charge in [-0.1, -0.05) is 0 Å². The lowest BCUT2D eigenvalue weighted by molar-refractivity contribution is -0.00625. The lowest BCUT2D eigenvalue weighted by atomic mass is 9.82. The van der Waals surface area contributed by atoms with Gasteiger partial charge >= 0.3 is 0 Å². The third kappa shape index (κ3) is 3.15. The Morgan fingerprint density at radius 3 is 2.61 bits per heavy atom. The van der Waals surface area contributed by atoms with E-state index in [0.29, 0.717) is 54.4 Å². The Morgan fingerprint density at radius 1 is 1.18 bits per heavy atom. The Kier molecular flexibility index (Phi) is 4.62. The standard InChI is InChI=1S/C20H21N3O5/c1-26-13-9-16(27-2)18-15(24)11-20(28-17(18)10-13)3-7-23(8-4-20)19(25)14-12-21-5-6-22-14/h5-6,9-10,12H,3-4,7-8,11H2,1-2H3. The lowest BCUT2D eigenvalue weighted by Gasteiger charge is -2.44. The van der Waals surface area contributed by atoms with Crippen LogP contribution in [0.1, 0.15) is 40.1 Å².